The van der Waals surface area contributed by atoms with Crippen molar-refractivity contribution in [2.75, 3.05) is 13.1 Å². The van der Waals surface area contributed by atoms with E-state index in [1.54, 1.807) is 27.6 Å². The van der Waals surface area contributed by atoms with Crippen molar-refractivity contribution in [3.63, 3.8) is 0 Å². The highest BCUT2D eigenvalue weighted by atomic mass is 16.4. The third kappa shape index (κ3) is 2.46. The van der Waals surface area contributed by atoms with Gasteiger partial charge in [0.1, 0.15) is 5.82 Å². The predicted molar refractivity (Wildman–Crippen MR) is 74.0 cm³/mol. The third-order valence-corrected chi connectivity index (χ3v) is 3.88. The summed E-state index contributed by atoms with van der Waals surface area (Å²) in [5.74, 6) is -0.738. The lowest BCUT2D eigenvalue weighted by Gasteiger charge is -2.30. The maximum absolute atomic E-state index is 12.5. The Hall–Kier alpha value is -2.44. The topological polar surface area (TPSA) is 87.8 Å². The number of piperidine rings is 1. The number of amides is 1. The number of hydrogen-bond acceptors (Lipinski definition) is 4. The molecule has 2 aromatic heterocycles. The molecule has 0 spiro atoms. The van der Waals surface area contributed by atoms with Crippen molar-refractivity contribution in [2.45, 2.75) is 19.8 Å². The summed E-state index contributed by atoms with van der Waals surface area (Å²) in [6, 6.07) is 3.45. The number of fused-ring (bicyclic) bond motifs is 1. The van der Waals surface area contributed by atoms with Gasteiger partial charge in [-0.2, -0.15) is 0 Å². The van der Waals surface area contributed by atoms with Gasteiger partial charge in [0.15, 0.2) is 5.65 Å². The average molecular weight is 288 g/mol. The number of hydrogen-bond donors (Lipinski definition) is 1. The molecule has 7 nitrogen and oxygen atoms in total. The zero-order chi connectivity index (χ0) is 15.0. The van der Waals surface area contributed by atoms with Crippen molar-refractivity contribution < 1.29 is 14.7 Å². The minimum Gasteiger partial charge on any atom is -0.481 e. The largest absolute Gasteiger partial charge is 0.481 e. The molecule has 1 atom stereocenters. The molecular weight excluding hydrogens is 272 g/mol. The van der Waals surface area contributed by atoms with Crippen LogP contribution in [0.5, 0.6) is 0 Å². The number of carboxylic acid groups (broad SMARTS) is 1. The van der Waals surface area contributed by atoms with Gasteiger partial charge in [0, 0.05) is 19.3 Å². The number of carboxylic acids is 1. The van der Waals surface area contributed by atoms with E-state index in [0.717, 1.165) is 6.42 Å². The number of pyridine rings is 1. The number of carbonyl (C=O) groups excluding carboxylic acids is 1. The second kappa shape index (κ2) is 5.16. The van der Waals surface area contributed by atoms with E-state index in [0.29, 0.717) is 30.0 Å². The molecule has 1 saturated heterocycles. The lowest BCUT2D eigenvalue weighted by Crippen LogP contribution is -2.42. The molecule has 7 heteroatoms. The van der Waals surface area contributed by atoms with E-state index in [2.05, 4.69) is 10.2 Å². The van der Waals surface area contributed by atoms with Gasteiger partial charge < -0.3 is 10.0 Å². The Morgan fingerprint density at radius 2 is 2.14 bits per heavy atom. The molecule has 0 bridgehead atoms. The van der Waals surface area contributed by atoms with E-state index in [-0.39, 0.29) is 12.5 Å². The smallest absolute Gasteiger partial charge is 0.308 e. The summed E-state index contributed by atoms with van der Waals surface area (Å²) in [6.45, 7) is 2.69. The van der Waals surface area contributed by atoms with Crippen molar-refractivity contribution in [3.8, 4) is 0 Å². The van der Waals surface area contributed by atoms with E-state index in [1.807, 2.05) is 6.92 Å². The highest BCUT2D eigenvalue weighted by Crippen LogP contribution is 2.19. The molecule has 0 saturated carbocycles. The van der Waals surface area contributed by atoms with E-state index < -0.39 is 11.9 Å². The molecule has 21 heavy (non-hydrogen) atoms. The molecule has 3 heterocycles. The van der Waals surface area contributed by atoms with Gasteiger partial charge in [0.05, 0.1) is 11.5 Å². The van der Waals surface area contributed by atoms with Crippen molar-refractivity contribution in [1.82, 2.24) is 19.5 Å². The zero-order valence-corrected chi connectivity index (χ0v) is 11.7. The van der Waals surface area contributed by atoms with Crippen LogP contribution in [0.25, 0.3) is 5.65 Å². The van der Waals surface area contributed by atoms with Gasteiger partial charge in [-0.15, -0.1) is 10.2 Å². The van der Waals surface area contributed by atoms with Crippen molar-refractivity contribution in [3.05, 3.63) is 29.7 Å². The molecule has 1 aliphatic rings. The molecule has 3 rings (SSSR count). The van der Waals surface area contributed by atoms with E-state index in [1.165, 1.54) is 0 Å². The molecule has 0 unspecified atom stereocenters. The van der Waals surface area contributed by atoms with Crippen LogP contribution in [0, 0.1) is 12.8 Å². The first kappa shape index (κ1) is 13.5. The summed E-state index contributed by atoms with van der Waals surface area (Å²) in [7, 11) is 0. The van der Waals surface area contributed by atoms with Crippen molar-refractivity contribution in [1.29, 1.82) is 0 Å². The van der Waals surface area contributed by atoms with Gasteiger partial charge in [0.2, 0.25) is 0 Å². The van der Waals surface area contributed by atoms with Gasteiger partial charge in [-0.25, -0.2) is 0 Å². The van der Waals surface area contributed by atoms with Crippen LogP contribution in [0.3, 0.4) is 0 Å². The molecular formula is C14H16N4O3. The van der Waals surface area contributed by atoms with Gasteiger partial charge in [-0.05, 0) is 31.9 Å². The quantitative estimate of drug-likeness (QED) is 0.889. The number of aryl methyl sites for hydroxylation is 1. The first-order valence-corrected chi connectivity index (χ1v) is 6.90. The number of rotatable bonds is 2. The Morgan fingerprint density at radius 3 is 2.90 bits per heavy atom. The number of aromatic nitrogens is 3. The van der Waals surface area contributed by atoms with Crippen LogP contribution in [0.4, 0.5) is 0 Å². The highest BCUT2D eigenvalue weighted by molar-refractivity contribution is 5.94. The second-order valence-electron chi connectivity index (χ2n) is 5.32. The van der Waals surface area contributed by atoms with Crippen LogP contribution in [0.1, 0.15) is 29.0 Å². The van der Waals surface area contributed by atoms with Gasteiger partial charge >= 0.3 is 5.97 Å². The fourth-order valence-corrected chi connectivity index (χ4v) is 2.68. The molecule has 0 aliphatic carbocycles. The third-order valence-electron chi connectivity index (χ3n) is 3.88. The zero-order valence-electron chi connectivity index (χ0n) is 11.7. The lowest BCUT2D eigenvalue weighted by molar-refractivity contribution is -0.143. The molecule has 110 valence electrons. The Kier molecular flexibility index (Phi) is 3.32. The summed E-state index contributed by atoms with van der Waals surface area (Å²) in [6.07, 6.45) is 3.05. The normalized spacial score (nSPS) is 18.9. The monoisotopic (exact) mass is 288 g/mol. The minimum atomic E-state index is -0.836. The maximum atomic E-state index is 12.5. The summed E-state index contributed by atoms with van der Waals surface area (Å²) in [5, 5.41) is 17.0. The first-order valence-electron chi connectivity index (χ1n) is 6.90. The molecule has 1 amide bonds. The van der Waals surface area contributed by atoms with Gasteiger partial charge in [0.25, 0.3) is 5.91 Å². The second-order valence-corrected chi connectivity index (χ2v) is 5.32. The van der Waals surface area contributed by atoms with E-state index in [9.17, 15) is 9.59 Å². The van der Waals surface area contributed by atoms with Crippen LogP contribution in [0.2, 0.25) is 0 Å². The Labute approximate surface area is 121 Å². The van der Waals surface area contributed by atoms with Crippen LogP contribution >= 0.6 is 0 Å². The van der Waals surface area contributed by atoms with Crippen LogP contribution in [-0.4, -0.2) is 49.6 Å². The number of nitrogens with zero attached hydrogens (tertiary/aromatic N) is 4. The lowest BCUT2D eigenvalue weighted by atomic mass is 9.98. The summed E-state index contributed by atoms with van der Waals surface area (Å²) in [4.78, 5) is 25.2. The van der Waals surface area contributed by atoms with Crippen LogP contribution < -0.4 is 0 Å². The Balaban J connectivity index is 1.85. The predicted octanol–water partition coefficient (Wildman–Crippen LogP) is 0.975. The molecule has 0 radical (unpaired) electrons. The summed E-state index contributed by atoms with van der Waals surface area (Å²) >= 11 is 0. The average Bonchev–Trinajstić information content (AvgIpc) is 2.87. The van der Waals surface area contributed by atoms with Crippen molar-refractivity contribution >= 4 is 17.5 Å². The van der Waals surface area contributed by atoms with Crippen molar-refractivity contribution in [2.24, 2.45) is 5.92 Å². The van der Waals surface area contributed by atoms with Crippen LogP contribution in [0.15, 0.2) is 18.3 Å². The summed E-state index contributed by atoms with van der Waals surface area (Å²) < 4.78 is 1.76. The van der Waals surface area contributed by atoms with Gasteiger partial charge in [-0.1, -0.05) is 0 Å². The number of carbonyl (C=O) groups is 2. The fourth-order valence-electron chi connectivity index (χ4n) is 2.68. The Bertz CT molecular complexity index is 709. The highest BCUT2D eigenvalue weighted by Gasteiger charge is 2.28. The van der Waals surface area contributed by atoms with Crippen LogP contribution in [-0.2, 0) is 4.79 Å². The minimum absolute atomic E-state index is 0.143. The molecule has 1 aliphatic heterocycles. The fraction of sp³-hybridized carbons (Fsp3) is 0.429. The van der Waals surface area contributed by atoms with E-state index in [4.69, 9.17) is 5.11 Å². The maximum Gasteiger partial charge on any atom is 0.308 e. The molecule has 1 N–H and O–H groups in total. The standard InChI is InChI=1S/C14H16N4O3/c1-9-15-16-12-5-4-10(8-18(9)12)13(19)17-6-2-3-11(7-17)14(20)21/h4-5,8,11H,2-3,6-7H2,1H3,(H,20,21)/t11-/m0/s1. The van der Waals surface area contributed by atoms with Gasteiger partial charge in [-0.3, -0.25) is 14.0 Å². The molecule has 2 aromatic rings. The SMILES string of the molecule is Cc1nnc2ccc(C(=O)N3CCC[C@H](C(=O)O)C3)cn12. The number of aliphatic carboxylic acids is 1. The Morgan fingerprint density at radius 1 is 1.33 bits per heavy atom. The molecule has 1 fully saturated rings. The molecule has 0 aromatic carbocycles. The van der Waals surface area contributed by atoms with E-state index >= 15 is 0 Å². The summed E-state index contributed by atoms with van der Waals surface area (Å²) in [5.41, 5.74) is 1.21. The first-order chi connectivity index (χ1) is 10.1. The number of likely N-dealkylation sites (tertiary alicyclic amines) is 1.